The van der Waals surface area contributed by atoms with Crippen molar-refractivity contribution in [3.05, 3.63) is 0 Å². The first kappa shape index (κ1) is 10.6. The van der Waals surface area contributed by atoms with Crippen molar-refractivity contribution >= 4 is 17.7 Å². The second kappa shape index (κ2) is 4.44. The number of rotatable bonds is 4. The Morgan fingerprint density at radius 3 is 2.45 bits per heavy atom. The van der Waals surface area contributed by atoms with Crippen molar-refractivity contribution in [1.29, 1.82) is 0 Å². The standard InChI is InChI=1S/C7H14ClNO2/c1-3-5-7(8,4-2)9-6(10)11/h9H,3-5H2,1-2H3,(H,10,11). The van der Waals surface area contributed by atoms with E-state index in [2.05, 4.69) is 5.32 Å². The van der Waals surface area contributed by atoms with Crippen molar-refractivity contribution in [2.24, 2.45) is 0 Å². The largest absolute Gasteiger partial charge is 0.465 e. The van der Waals surface area contributed by atoms with E-state index >= 15 is 0 Å². The van der Waals surface area contributed by atoms with E-state index in [-0.39, 0.29) is 0 Å². The van der Waals surface area contributed by atoms with Gasteiger partial charge in [0.25, 0.3) is 0 Å². The third-order valence-corrected chi connectivity index (χ3v) is 2.09. The smallest absolute Gasteiger partial charge is 0.406 e. The normalized spacial score (nSPS) is 15.5. The Morgan fingerprint density at radius 1 is 1.64 bits per heavy atom. The summed E-state index contributed by atoms with van der Waals surface area (Å²) in [6.45, 7) is 3.83. The van der Waals surface area contributed by atoms with Crippen LogP contribution in [0.2, 0.25) is 0 Å². The number of carbonyl (C=O) groups is 1. The second-order valence-electron chi connectivity index (χ2n) is 2.50. The maximum Gasteiger partial charge on any atom is 0.406 e. The predicted molar refractivity (Wildman–Crippen MR) is 44.9 cm³/mol. The molecule has 0 radical (unpaired) electrons. The summed E-state index contributed by atoms with van der Waals surface area (Å²) in [6, 6.07) is 0. The predicted octanol–water partition coefficient (Wildman–Crippen LogP) is 2.40. The summed E-state index contributed by atoms with van der Waals surface area (Å²) in [5.41, 5.74) is 0. The quantitative estimate of drug-likeness (QED) is 0.514. The average Bonchev–Trinajstić information content (AvgIpc) is 1.87. The fraction of sp³-hybridized carbons (Fsp3) is 0.857. The molecule has 0 saturated heterocycles. The van der Waals surface area contributed by atoms with Crippen LogP contribution in [0, 0.1) is 0 Å². The summed E-state index contributed by atoms with van der Waals surface area (Å²) in [5, 5.41) is 10.7. The summed E-state index contributed by atoms with van der Waals surface area (Å²) in [7, 11) is 0. The molecule has 0 fully saturated rings. The minimum absolute atomic E-state index is 0.606. The monoisotopic (exact) mass is 179 g/mol. The van der Waals surface area contributed by atoms with E-state index in [1.807, 2.05) is 13.8 Å². The maximum atomic E-state index is 10.3. The number of carboxylic acid groups (broad SMARTS) is 1. The van der Waals surface area contributed by atoms with Gasteiger partial charge in [-0.15, -0.1) is 0 Å². The Morgan fingerprint density at radius 2 is 2.18 bits per heavy atom. The van der Waals surface area contributed by atoms with E-state index < -0.39 is 11.1 Å². The van der Waals surface area contributed by atoms with Crippen LogP contribution in [0.5, 0.6) is 0 Å². The Kier molecular flexibility index (Phi) is 4.26. The molecule has 0 aromatic heterocycles. The van der Waals surface area contributed by atoms with Gasteiger partial charge in [0, 0.05) is 0 Å². The van der Waals surface area contributed by atoms with Crippen LogP contribution in [-0.4, -0.2) is 16.2 Å². The molecule has 3 nitrogen and oxygen atoms in total. The van der Waals surface area contributed by atoms with Gasteiger partial charge in [-0.3, -0.25) is 0 Å². The Hall–Kier alpha value is -0.440. The van der Waals surface area contributed by atoms with Crippen LogP contribution in [0.1, 0.15) is 33.1 Å². The van der Waals surface area contributed by atoms with Gasteiger partial charge < -0.3 is 10.4 Å². The van der Waals surface area contributed by atoms with E-state index in [0.717, 1.165) is 6.42 Å². The first-order chi connectivity index (χ1) is 5.04. The van der Waals surface area contributed by atoms with Crippen LogP contribution >= 0.6 is 11.6 Å². The first-order valence-electron chi connectivity index (χ1n) is 3.74. The molecule has 0 aromatic rings. The molecule has 0 aliphatic rings. The number of hydrogen-bond donors (Lipinski definition) is 2. The van der Waals surface area contributed by atoms with Crippen molar-refractivity contribution in [1.82, 2.24) is 5.32 Å². The number of nitrogens with one attached hydrogen (secondary N) is 1. The molecule has 1 atom stereocenters. The van der Waals surface area contributed by atoms with Gasteiger partial charge in [-0.05, 0) is 12.8 Å². The zero-order chi connectivity index (χ0) is 8.91. The van der Waals surface area contributed by atoms with Crippen LogP contribution in [0.25, 0.3) is 0 Å². The molecule has 0 saturated carbocycles. The molecule has 4 heteroatoms. The molecule has 0 aliphatic carbocycles. The first-order valence-corrected chi connectivity index (χ1v) is 4.12. The van der Waals surface area contributed by atoms with Gasteiger partial charge in [0.2, 0.25) is 0 Å². The van der Waals surface area contributed by atoms with Crippen LogP contribution in [0.15, 0.2) is 0 Å². The van der Waals surface area contributed by atoms with Gasteiger partial charge in [0.05, 0.1) is 0 Å². The lowest BCUT2D eigenvalue weighted by molar-refractivity contribution is 0.185. The van der Waals surface area contributed by atoms with Crippen molar-refractivity contribution in [3.63, 3.8) is 0 Å². The summed E-state index contributed by atoms with van der Waals surface area (Å²) >= 11 is 5.93. The molecule has 0 spiro atoms. The van der Waals surface area contributed by atoms with Crippen molar-refractivity contribution in [3.8, 4) is 0 Å². The summed E-state index contributed by atoms with van der Waals surface area (Å²) in [4.78, 5) is 9.49. The highest BCUT2D eigenvalue weighted by molar-refractivity contribution is 6.24. The molecule has 0 heterocycles. The van der Waals surface area contributed by atoms with E-state index in [4.69, 9.17) is 16.7 Å². The van der Waals surface area contributed by atoms with Crippen molar-refractivity contribution in [2.45, 2.75) is 38.1 Å². The number of halogens is 1. The third kappa shape index (κ3) is 4.09. The highest BCUT2D eigenvalue weighted by atomic mass is 35.5. The topological polar surface area (TPSA) is 49.3 Å². The summed E-state index contributed by atoms with van der Waals surface area (Å²) in [6.07, 6.45) is 1.08. The van der Waals surface area contributed by atoms with Gasteiger partial charge in [-0.1, -0.05) is 31.9 Å². The summed E-state index contributed by atoms with van der Waals surface area (Å²) < 4.78 is 0. The Labute approximate surface area is 71.7 Å². The van der Waals surface area contributed by atoms with Crippen LogP contribution in [-0.2, 0) is 0 Å². The Balaban J connectivity index is 3.98. The van der Waals surface area contributed by atoms with E-state index in [9.17, 15) is 4.79 Å². The number of hydrogen-bond acceptors (Lipinski definition) is 1. The van der Waals surface area contributed by atoms with Crippen molar-refractivity contribution < 1.29 is 9.90 Å². The highest BCUT2D eigenvalue weighted by Crippen LogP contribution is 2.21. The van der Waals surface area contributed by atoms with E-state index in [1.165, 1.54) is 0 Å². The van der Waals surface area contributed by atoms with E-state index in [1.54, 1.807) is 0 Å². The molecule has 1 amide bonds. The average molecular weight is 180 g/mol. The van der Waals surface area contributed by atoms with Gasteiger partial charge in [0.15, 0.2) is 0 Å². The van der Waals surface area contributed by atoms with Crippen LogP contribution < -0.4 is 5.32 Å². The van der Waals surface area contributed by atoms with Crippen LogP contribution in [0.4, 0.5) is 4.79 Å². The minimum Gasteiger partial charge on any atom is -0.465 e. The highest BCUT2D eigenvalue weighted by Gasteiger charge is 2.25. The molecule has 11 heavy (non-hydrogen) atoms. The lowest BCUT2D eigenvalue weighted by Gasteiger charge is -2.24. The zero-order valence-electron chi connectivity index (χ0n) is 6.85. The lowest BCUT2D eigenvalue weighted by Crippen LogP contribution is -2.42. The van der Waals surface area contributed by atoms with Crippen molar-refractivity contribution in [2.75, 3.05) is 0 Å². The second-order valence-corrected chi connectivity index (χ2v) is 3.22. The number of amides is 1. The lowest BCUT2D eigenvalue weighted by atomic mass is 10.1. The molecular formula is C7H14ClNO2. The molecule has 1 unspecified atom stereocenters. The fourth-order valence-corrected chi connectivity index (χ4v) is 1.19. The van der Waals surface area contributed by atoms with Gasteiger partial charge in [0.1, 0.15) is 5.00 Å². The molecule has 0 aliphatic heterocycles. The number of alkyl halides is 1. The van der Waals surface area contributed by atoms with E-state index in [0.29, 0.717) is 12.8 Å². The van der Waals surface area contributed by atoms with Gasteiger partial charge in [-0.2, -0.15) is 0 Å². The molecular weight excluding hydrogens is 166 g/mol. The molecule has 0 aromatic carbocycles. The maximum absolute atomic E-state index is 10.3. The van der Waals surface area contributed by atoms with Gasteiger partial charge in [-0.25, -0.2) is 4.79 Å². The SMILES string of the molecule is CCCC(Cl)(CC)NC(=O)O. The molecule has 0 rings (SSSR count). The fourth-order valence-electron chi connectivity index (χ4n) is 0.916. The molecule has 0 bridgehead atoms. The van der Waals surface area contributed by atoms with Crippen LogP contribution in [0.3, 0.4) is 0 Å². The molecule has 66 valence electrons. The van der Waals surface area contributed by atoms with Gasteiger partial charge >= 0.3 is 6.09 Å². The molecule has 2 N–H and O–H groups in total. The minimum atomic E-state index is -1.06. The third-order valence-electron chi connectivity index (χ3n) is 1.54. The summed E-state index contributed by atoms with van der Waals surface area (Å²) in [5.74, 6) is 0. The Bertz CT molecular complexity index is 140. The zero-order valence-corrected chi connectivity index (χ0v) is 7.61.